The lowest BCUT2D eigenvalue weighted by molar-refractivity contribution is 0.0751. The van der Waals surface area contributed by atoms with E-state index in [1.165, 1.54) is 29.8 Å². The summed E-state index contributed by atoms with van der Waals surface area (Å²) in [4.78, 5) is 27.7. The highest BCUT2D eigenvalue weighted by molar-refractivity contribution is 7.20. The Morgan fingerprint density at radius 3 is 2.55 bits per heavy atom. The van der Waals surface area contributed by atoms with Crippen LogP contribution in [-0.4, -0.2) is 47.0 Å². The maximum absolute atomic E-state index is 13.4. The number of fused-ring (bicyclic) bond motifs is 1. The van der Waals surface area contributed by atoms with Crippen LogP contribution in [0.1, 0.15) is 26.8 Å². The van der Waals surface area contributed by atoms with Crippen LogP contribution in [0.2, 0.25) is 0 Å². The number of carbonyl (C=O) groups is 1. The first-order chi connectivity index (χ1) is 16.0. The minimum atomic E-state index is -0.246. The topological polar surface area (TPSA) is 74.5 Å². The second kappa shape index (κ2) is 8.82. The molecular weight excluding hydrogens is 441 g/mol. The highest BCUT2D eigenvalue weighted by atomic mass is 32.1. The first-order valence-electron chi connectivity index (χ1n) is 10.8. The van der Waals surface area contributed by atoms with Crippen molar-refractivity contribution in [3.8, 4) is 0 Å². The number of nitrogens with one attached hydrogen (secondary N) is 1. The monoisotopic (exact) mass is 465 g/mol. The molecule has 1 N–H and O–H groups in total. The van der Waals surface area contributed by atoms with Gasteiger partial charge in [-0.05, 0) is 55.8 Å². The van der Waals surface area contributed by atoms with Crippen molar-refractivity contribution in [1.82, 2.24) is 14.9 Å². The van der Waals surface area contributed by atoms with Gasteiger partial charge in [-0.3, -0.25) is 4.79 Å². The van der Waals surface area contributed by atoms with Crippen LogP contribution >= 0.6 is 11.3 Å². The number of aromatic nitrogens is 2. The number of piperazine rings is 1. The fraction of sp³-hybridized carbons (Fsp3) is 0.292. The van der Waals surface area contributed by atoms with Crippen LogP contribution in [0.5, 0.6) is 0 Å². The minimum Gasteiger partial charge on any atom is -0.465 e. The minimum absolute atomic E-state index is 0.0156. The molecule has 0 atom stereocenters. The Hall–Kier alpha value is -3.46. The molecule has 4 heterocycles. The van der Waals surface area contributed by atoms with Crippen molar-refractivity contribution >= 4 is 39.0 Å². The van der Waals surface area contributed by atoms with E-state index in [2.05, 4.69) is 20.2 Å². The number of carbonyl (C=O) groups excluding carboxylic acids is 1. The predicted molar refractivity (Wildman–Crippen MR) is 127 cm³/mol. The first-order valence-corrected chi connectivity index (χ1v) is 11.6. The lowest BCUT2D eigenvalue weighted by Gasteiger charge is -2.36. The molecule has 1 saturated heterocycles. The Balaban J connectivity index is 1.32. The highest BCUT2D eigenvalue weighted by Gasteiger charge is 2.26. The Labute approximate surface area is 194 Å². The van der Waals surface area contributed by atoms with Crippen LogP contribution in [0.4, 0.5) is 15.9 Å². The summed E-state index contributed by atoms with van der Waals surface area (Å²) in [6.45, 7) is 6.99. The summed E-state index contributed by atoms with van der Waals surface area (Å²) in [7, 11) is 0. The van der Waals surface area contributed by atoms with Gasteiger partial charge in [0, 0.05) is 31.9 Å². The highest BCUT2D eigenvalue weighted by Crippen LogP contribution is 2.34. The maximum atomic E-state index is 13.4. The predicted octanol–water partition coefficient (Wildman–Crippen LogP) is 4.61. The lowest BCUT2D eigenvalue weighted by atomic mass is 10.1. The number of hydrogen-bond donors (Lipinski definition) is 1. The third-order valence-corrected chi connectivity index (χ3v) is 7.09. The Bertz CT molecular complexity index is 1290. The number of amides is 1. The Morgan fingerprint density at radius 1 is 1.09 bits per heavy atom. The van der Waals surface area contributed by atoms with Gasteiger partial charge in [-0.25, -0.2) is 14.4 Å². The van der Waals surface area contributed by atoms with E-state index in [4.69, 9.17) is 4.42 Å². The summed E-state index contributed by atoms with van der Waals surface area (Å²) in [5.74, 6) is 2.15. The second-order valence-corrected chi connectivity index (χ2v) is 9.08. The normalized spacial score (nSPS) is 14.2. The van der Waals surface area contributed by atoms with Crippen LogP contribution < -0.4 is 10.2 Å². The molecule has 1 amide bonds. The summed E-state index contributed by atoms with van der Waals surface area (Å²) >= 11 is 1.40. The van der Waals surface area contributed by atoms with Gasteiger partial charge in [0.1, 0.15) is 34.3 Å². The summed E-state index contributed by atoms with van der Waals surface area (Å²) in [6, 6.07) is 10.3. The number of halogens is 1. The van der Waals surface area contributed by atoms with Gasteiger partial charge in [-0.2, -0.15) is 0 Å². The zero-order valence-corrected chi connectivity index (χ0v) is 19.3. The largest absolute Gasteiger partial charge is 0.465 e. The van der Waals surface area contributed by atoms with Crippen molar-refractivity contribution < 1.29 is 13.6 Å². The molecule has 0 bridgehead atoms. The van der Waals surface area contributed by atoms with E-state index in [0.29, 0.717) is 43.4 Å². The molecule has 0 unspecified atom stereocenters. The van der Waals surface area contributed by atoms with Crippen LogP contribution in [0.3, 0.4) is 0 Å². The third kappa shape index (κ3) is 4.28. The zero-order valence-electron chi connectivity index (χ0n) is 18.5. The number of thiophene rings is 1. The molecule has 7 nitrogen and oxygen atoms in total. The molecule has 0 radical (unpaired) electrons. The van der Waals surface area contributed by atoms with Gasteiger partial charge in [0.2, 0.25) is 0 Å². The number of anilines is 2. The summed E-state index contributed by atoms with van der Waals surface area (Å²) in [6.07, 6.45) is 1.52. The fourth-order valence-corrected chi connectivity index (χ4v) is 5.24. The van der Waals surface area contributed by atoms with E-state index in [-0.39, 0.29) is 11.7 Å². The van der Waals surface area contributed by atoms with E-state index in [9.17, 15) is 9.18 Å². The molecule has 1 aliphatic rings. The molecule has 1 aliphatic heterocycles. The van der Waals surface area contributed by atoms with Crippen LogP contribution in [0, 0.1) is 19.7 Å². The van der Waals surface area contributed by atoms with Crippen molar-refractivity contribution in [2.75, 3.05) is 36.4 Å². The number of benzene rings is 1. The van der Waals surface area contributed by atoms with Gasteiger partial charge in [0.05, 0.1) is 16.8 Å². The van der Waals surface area contributed by atoms with E-state index in [1.807, 2.05) is 30.9 Å². The van der Waals surface area contributed by atoms with Crippen molar-refractivity contribution in [3.05, 3.63) is 70.5 Å². The molecular formula is C24H24FN5O2S. The molecule has 5 rings (SSSR count). The standard InChI is InChI=1S/C24H24FN5O2S/c1-15-3-8-19(32-15)13-26-22-20-16(2)21(33-23(20)28-14-27-22)24(31)30-11-9-29(10-12-30)18-6-4-17(25)5-7-18/h3-8,14H,9-13H2,1-2H3,(H,26,27,28). The van der Waals surface area contributed by atoms with Gasteiger partial charge in [0.15, 0.2) is 0 Å². The van der Waals surface area contributed by atoms with Gasteiger partial charge >= 0.3 is 0 Å². The average Bonchev–Trinajstić information content (AvgIpc) is 3.41. The van der Waals surface area contributed by atoms with Crippen molar-refractivity contribution in [1.29, 1.82) is 0 Å². The van der Waals surface area contributed by atoms with E-state index >= 15 is 0 Å². The fourth-order valence-electron chi connectivity index (χ4n) is 4.12. The lowest BCUT2D eigenvalue weighted by Crippen LogP contribution is -2.48. The number of furan rings is 1. The van der Waals surface area contributed by atoms with Gasteiger partial charge in [-0.15, -0.1) is 11.3 Å². The molecule has 3 aromatic heterocycles. The molecule has 0 aliphatic carbocycles. The van der Waals surface area contributed by atoms with Gasteiger partial charge in [0.25, 0.3) is 5.91 Å². The van der Waals surface area contributed by atoms with E-state index < -0.39 is 0 Å². The molecule has 4 aromatic rings. The molecule has 0 spiro atoms. The molecule has 170 valence electrons. The van der Waals surface area contributed by atoms with Crippen LogP contribution in [-0.2, 0) is 6.54 Å². The Morgan fingerprint density at radius 2 is 1.85 bits per heavy atom. The van der Waals surface area contributed by atoms with E-state index in [1.54, 1.807) is 12.1 Å². The summed E-state index contributed by atoms with van der Waals surface area (Å²) in [5, 5.41) is 4.20. The average molecular weight is 466 g/mol. The van der Waals surface area contributed by atoms with Crippen molar-refractivity contribution in [2.45, 2.75) is 20.4 Å². The molecule has 9 heteroatoms. The summed E-state index contributed by atoms with van der Waals surface area (Å²) in [5.41, 5.74) is 1.86. The van der Waals surface area contributed by atoms with Crippen molar-refractivity contribution in [2.24, 2.45) is 0 Å². The smallest absolute Gasteiger partial charge is 0.264 e. The quantitative estimate of drug-likeness (QED) is 0.464. The number of hydrogen-bond acceptors (Lipinski definition) is 7. The SMILES string of the molecule is Cc1ccc(CNc2ncnc3sc(C(=O)N4CCN(c5ccc(F)cc5)CC4)c(C)c23)o1. The van der Waals surface area contributed by atoms with Crippen LogP contribution in [0.15, 0.2) is 47.1 Å². The first kappa shape index (κ1) is 21.4. The van der Waals surface area contributed by atoms with Gasteiger partial charge in [-0.1, -0.05) is 0 Å². The number of aryl methyl sites for hydroxylation is 2. The molecule has 1 fully saturated rings. The maximum Gasteiger partial charge on any atom is 0.264 e. The zero-order chi connectivity index (χ0) is 22.9. The number of rotatable bonds is 5. The molecule has 1 aromatic carbocycles. The second-order valence-electron chi connectivity index (χ2n) is 8.08. The molecule has 33 heavy (non-hydrogen) atoms. The molecule has 0 saturated carbocycles. The van der Waals surface area contributed by atoms with Gasteiger partial charge < -0.3 is 19.5 Å². The third-order valence-electron chi connectivity index (χ3n) is 5.91. The van der Waals surface area contributed by atoms with Crippen LogP contribution in [0.25, 0.3) is 10.2 Å². The van der Waals surface area contributed by atoms with E-state index in [0.717, 1.165) is 33.0 Å². The van der Waals surface area contributed by atoms with Crippen molar-refractivity contribution in [3.63, 3.8) is 0 Å². The number of nitrogens with zero attached hydrogens (tertiary/aromatic N) is 4. The summed E-state index contributed by atoms with van der Waals surface area (Å²) < 4.78 is 18.8. The Kier molecular flexibility index (Phi) is 5.72.